The van der Waals surface area contributed by atoms with Crippen LogP contribution in [-0.2, 0) is 11.2 Å². The molecular weight excluding hydrogens is 322 g/mol. The molecule has 134 valence electrons. The summed E-state index contributed by atoms with van der Waals surface area (Å²) in [5, 5.41) is 9.66. The molecule has 0 radical (unpaired) electrons. The highest BCUT2D eigenvalue weighted by atomic mass is 16.5. The van der Waals surface area contributed by atoms with E-state index in [0.29, 0.717) is 18.0 Å². The van der Waals surface area contributed by atoms with E-state index in [0.717, 1.165) is 37.8 Å². The molecule has 0 bridgehead atoms. The Morgan fingerprint density at radius 1 is 1.32 bits per heavy atom. The number of carbonyl (C=O) groups excluding carboxylic acids is 2. The zero-order chi connectivity index (χ0) is 17.6. The summed E-state index contributed by atoms with van der Waals surface area (Å²) in [5.41, 5.74) is 1.31. The van der Waals surface area contributed by atoms with Crippen LogP contribution in [0, 0.1) is 12.8 Å². The average Bonchev–Trinajstić information content (AvgIpc) is 3.27. The highest BCUT2D eigenvalue weighted by Gasteiger charge is 2.27. The number of imidazole rings is 1. The van der Waals surface area contributed by atoms with Crippen molar-refractivity contribution in [2.24, 2.45) is 5.92 Å². The van der Waals surface area contributed by atoms with Crippen molar-refractivity contribution < 1.29 is 14.1 Å². The minimum Gasteiger partial charge on any atom is -0.361 e. The second-order valence-electron chi connectivity index (χ2n) is 6.46. The largest absolute Gasteiger partial charge is 0.361 e. The van der Waals surface area contributed by atoms with Gasteiger partial charge < -0.3 is 20.1 Å². The van der Waals surface area contributed by atoms with Crippen molar-refractivity contribution in [3.8, 4) is 0 Å². The number of hydrogen-bond donors (Lipinski definition) is 3. The van der Waals surface area contributed by atoms with Crippen LogP contribution in [0.2, 0.25) is 0 Å². The number of aromatic amines is 1. The van der Waals surface area contributed by atoms with Crippen LogP contribution in [0.15, 0.2) is 23.1 Å². The molecule has 3 rings (SSSR count). The van der Waals surface area contributed by atoms with Crippen LogP contribution < -0.4 is 10.6 Å². The third-order valence-electron chi connectivity index (χ3n) is 4.54. The van der Waals surface area contributed by atoms with Gasteiger partial charge in [-0.3, -0.25) is 9.59 Å². The molecular formula is C17H23N5O3. The Morgan fingerprint density at radius 2 is 2.12 bits per heavy atom. The molecule has 2 amide bonds. The van der Waals surface area contributed by atoms with Gasteiger partial charge in [-0.05, 0) is 32.6 Å². The molecule has 2 aromatic heterocycles. The van der Waals surface area contributed by atoms with Crippen molar-refractivity contribution in [2.45, 2.75) is 45.1 Å². The highest BCUT2D eigenvalue weighted by molar-refractivity contribution is 5.92. The normalized spacial score (nSPS) is 20.2. The number of aromatic nitrogens is 3. The summed E-state index contributed by atoms with van der Waals surface area (Å²) in [5.74, 6) is 0.505. The molecule has 25 heavy (non-hydrogen) atoms. The fourth-order valence-electron chi connectivity index (χ4n) is 3.12. The number of aryl methyl sites for hydroxylation is 1. The Hall–Kier alpha value is -2.64. The number of amides is 2. The molecule has 1 aliphatic carbocycles. The number of H-pyrrole nitrogens is 1. The van der Waals surface area contributed by atoms with Crippen molar-refractivity contribution in [3.63, 3.8) is 0 Å². The molecule has 2 aromatic rings. The molecule has 0 spiro atoms. The van der Waals surface area contributed by atoms with Crippen LogP contribution in [-0.4, -0.2) is 39.5 Å². The second-order valence-corrected chi connectivity index (χ2v) is 6.46. The van der Waals surface area contributed by atoms with Gasteiger partial charge in [-0.1, -0.05) is 5.16 Å². The summed E-state index contributed by atoms with van der Waals surface area (Å²) in [7, 11) is 0. The predicted octanol–water partition coefficient (Wildman–Crippen LogP) is 1.35. The Kier molecular flexibility index (Phi) is 5.47. The van der Waals surface area contributed by atoms with Gasteiger partial charge in [-0.15, -0.1) is 0 Å². The van der Waals surface area contributed by atoms with E-state index < -0.39 is 0 Å². The standard InChI is InChI=1S/C17H23N5O3/c1-11-8-15(22-25-11)17(24)21-13-4-2-12(3-5-13)16(23)19-7-6-14-9-18-10-20-14/h8-10,12-13H,2-7H2,1H3,(H,18,20)(H,19,23)(H,21,24). The first-order chi connectivity index (χ1) is 12.1. The Bertz CT molecular complexity index is 702. The van der Waals surface area contributed by atoms with Gasteiger partial charge in [-0.25, -0.2) is 4.98 Å². The molecule has 2 heterocycles. The average molecular weight is 345 g/mol. The monoisotopic (exact) mass is 345 g/mol. The zero-order valence-electron chi connectivity index (χ0n) is 14.2. The first-order valence-corrected chi connectivity index (χ1v) is 8.61. The molecule has 0 unspecified atom stereocenters. The van der Waals surface area contributed by atoms with Gasteiger partial charge in [0.25, 0.3) is 5.91 Å². The number of nitrogens with zero attached hydrogens (tertiary/aromatic N) is 2. The summed E-state index contributed by atoms with van der Waals surface area (Å²) in [4.78, 5) is 31.3. The van der Waals surface area contributed by atoms with Crippen LogP contribution in [0.25, 0.3) is 0 Å². The lowest BCUT2D eigenvalue weighted by Crippen LogP contribution is -2.41. The van der Waals surface area contributed by atoms with E-state index in [1.165, 1.54) is 0 Å². The van der Waals surface area contributed by atoms with Crippen molar-refractivity contribution in [1.29, 1.82) is 0 Å². The molecule has 3 N–H and O–H groups in total. The summed E-state index contributed by atoms with van der Waals surface area (Å²) < 4.78 is 4.92. The van der Waals surface area contributed by atoms with Gasteiger partial charge in [0.1, 0.15) is 5.76 Å². The summed E-state index contributed by atoms with van der Waals surface area (Å²) >= 11 is 0. The van der Waals surface area contributed by atoms with E-state index in [1.807, 2.05) is 0 Å². The fourth-order valence-corrected chi connectivity index (χ4v) is 3.12. The Morgan fingerprint density at radius 3 is 2.76 bits per heavy atom. The molecule has 1 saturated carbocycles. The van der Waals surface area contributed by atoms with E-state index in [9.17, 15) is 9.59 Å². The van der Waals surface area contributed by atoms with Crippen LogP contribution in [0.4, 0.5) is 0 Å². The van der Waals surface area contributed by atoms with Crippen LogP contribution in [0.1, 0.15) is 47.6 Å². The first kappa shape index (κ1) is 17.2. The third kappa shape index (κ3) is 4.68. The van der Waals surface area contributed by atoms with Crippen molar-refractivity contribution in [1.82, 2.24) is 25.8 Å². The zero-order valence-corrected chi connectivity index (χ0v) is 14.2. The molecule has 1 fully saturated rings. The van der Waals surface area contributed by atoms with Gasteiger partial charge in [0, 0.05) is 42.9 Å². The third-order valence-corrected chi connectivity index (χ3v) is 4.54. The molecule has 1 aliphatic rings. The summed E-state index contributed by atoms with van der Waals surface area (Å²) in [6.07, 6.45) is 7.28. The fraction of sp³-hybridized carbons (Fsp3) is 0.529. The minimum atomic E-state index is -0.218. The lowest BCUT2D eigenvalue weighted by atomic mass is 9.85. The van der Waals surface area contributed by atoms with E-state index >= 15 is 0 Å². The molecule has 8 nitrogen and oxygen atoms in total. The smallest absolute Gasteiger partial charge is 0.273 e. The second kappa shape index (κ2) is 7.96. The molecule has 0 aliphatic heterocycles. The van der Waals surface area contributed by atoms with Gasteiger partial charge >= 0.3 is 0 Å². The van der Waals surface area contributed by atoms with Gasteiger partial charge in [0.15, 0.2) is 5.69 Å². The molecule has 0 aromatic carbocycles. The molecule has 0 saturated heterocycles. The molecule has 8 heteroatoms. The van der Waals surface area contributed by atoms with Crippen molar-refractivity contribution in [2.75, 3.05) is 6.54 Å². The lowest BCUT2D eigenvalue weighted by molar-refractivity contribution is -0.126. The minimum absolute atomic E-state index is 0.0178. The first-order valence-electron chi connectivity index (χ1n) is 8.61. The van der Waals surface area contributed by atoms with Gasteiger partial charge in [0.05, 0.1) is 6.33 Å². The van der Waals surface area contributed by atoms with Crippen molar-refractivity contribution >= 4 is 11.8 Å². The topological polar surface area (TPSA) is 113 Å². The Balaban J connectivity index is 1.37. The number of rotatable bonds is 6. The maximum Gasteiger partial charge on any atom is 0.273 e. The number of hydrogen-bond acceptors (Lipinski definition) is 5. The number of carbonyl (C=O) groups is 2. The van der Waals surface area contributed by atoms with Gasteiger partial charge in [0.2, 0.25) is 5.91 Å². The molecule has 0 atom stereocenters. The lowest BCUT2D eigenvalue weighted by Gasteiger charge is -2.28. The van der Waals surface area contributed by atoms with Crippen molar-refractivity contribution in [3.05, 3.63) is 35.7 Å². The van der Waals surface area contributed by atoms with E-state index in [1.54, 1.807) is 25.5 Å². The van der Waals surface area contributed by atoms with Crippen LogP contribution in [0.3, 0.4) is 0 Å². The van der Waals surface area contributed by atoms with E-state index in [-0.39, 0.29) is 23.8 Å². The maximum atomic E-state index is 12.2. The summed E-state index contributed by atoms with van der Waals surface area (Å²) in [6, 6.07) is 1.70. The van der Waals surface area contributed by atoms with Crippen LogP contribution >= 0.6 is 0 Å². The summed E-state index contributed by atoms with van der Waals surface area (Å²) in [6.45, 7) is 2.35. The van der Waals surface area contributed by atoms with Gasteiger partial charge in [-0.2, -0.15) is 0 Å². The van der Waals surface area contributed by atoms with Crippen LogP contribution in [0.5, 0.6) is 0 Å². The van der Waals surface area contributed by atoms with E-state index in [4.69, 9.17) is 4.52 Å². The SMILES string of the molecule is Cc1cc(C(=O)NC2CCC(C(=O)NCCc3cnc[nH]3)CC2)no1. The maximum absolute atomic E-state index is 12.2. The quantitative estimate of drug-likeness (QED) is 0.731. The highest BCUT2D eigenvalue weighted by Crippen LogP contribution is 2.24. The van der Waals surface area contributed by atoms with E-state index in [2.05, 4.69) is 25.8 Å². The number of nitrogens with one attached hydrogen (secondary N) is 3. The predicted molar refractivity (Wildman–Crippen MR) is 89.8 cm³/mol. The Labute approximate surface area is 145 Å².